The van der Waals surface area contributed by atoms with Gasteiger partial charge in [-0.05, 0) is 43.0 Å². The Balaban J connectivity index is 1.95. The lowest BCUT2D eigenvalue weighted by molar-refractivity contribution is -0.140. The van der Waals surface area contributed by atoms with Crippen LogP contribution in [0.1, 0.15) is 49.3 Å². The number of urea groups is 1. The number of hydrogen-bond donors (Lipinski definition) is 4. The number of alkyl halides is 3. The molecule has 0 spiro atoms. The van der Waals surface area contributed by atoms with E-state index in [1.807, 2.05) is 13.8 Å². The number of carbonyl (C=O) groups is 2. The van der Waals surface area contributed by atoms with Gasteiger partial charge in [0.2, 0.25) is 5.43 Å². The first kappa shape index (κ1) is 30.7. The van der Waals surface area contributed by atoms with Gasteiger partial charge in [0.15, 0.2) is 5.69 Å². The number of fused-ring (bicyclic) bond motifs is 1. The Morgan fingerprint density at radius 2 is 1.90 bits per heavy atom. The second-order valence-electron chi connectivity index (χ2n) is 9.92. The number of carboxylic acids is 1. The quantitative estimate of drug-likeness (QED) is 0.194. The van der Waals surface area contributed by atoms with E-state index >= 15 is 0 Å². The molecule has 10 nitrogen and oxygen atoms in total. The van der Waals surface area contributed by atoms with Gasteiger partial charge < -0.3 is 20.1 Å². The van der Waals surface area contributed by atoms with Crippen molar-refractivity contribution in [2.24, 2.45) is 5.92 Å². The number of pyridine rings is 2. The summed E-state index contributed by atoms with van der Waals surface area (Å²) in [6.45, 7) is 5.65. The molecule has 222 valence electrons. The normalized spacial score (nSPS) is 12.5. The summed E-state index contributed by atoms with van der Waals surface area (Å²) in [5, 5.41) is 25.8. The van der Waals surface area contributed by atoms with E-state index in [0.717, 1.165) is 16.7 Å². The number of halogens is 3. The molecule has 4 N–H and O–H groups in total. The van der Waals surface area contributed by atoms with Gasteiger partial charge in [0, 0.05) is 40.8 Å². The summed E-state index contributed by atoms with van der Waals surface area (Å²) < 4.78 is 41.7. The summed E-state index contributed by atoms with van der Waals surface area (Å²) in [4.78, 5) is 45.3. The number of aromatic carboxylic acids is 1. The van der Waals surface area contributed by atoms with Gasteiger partial charge in [-0.25, -0.2) is 19.6 Å². The molecule has 0 saturated carbocycles. The second-order valence-corrected chi connectivity index (χ2v) is 10.8. The van der Waals surface area contributed by atoms with Gasteiger partial charge in [-0.3, -0.25) is 10.1 Å². The van der Waals surface area contributed by atoms with E-state index in [-0.39, 0.29) is 34.3 Å². The molecule has 3 heterocycles. The molecule has 3 aromatic heterocycles. The fourth-order valence-corrected chi connectivity index (χ4v) is 5.43. The fraction of sp³-hybridized carbons (Fsp3) is 0.321. The van der Waals surface area contributed by atoms with Crippen LogP contribution in [0, 0.1) is 5.92 Å². The molecule has 4 rings (SSSR count). The van der Waals surface area contributed by atoms with Gasteiger partial charge in [-0.1, -0.05) is 19.9 Å². The molecule has 0 aliphatic rings. The number of anilines is 1. The number of aliphatic hydroxyl groups excluding tert-OH is 1. The van der Waals surface area contributed by atoms with Crippen LogP contribution in [0.3, 0.4) is 0 Å². The molecule has 42 heavy (non-hydrogen) atoms. The Morgan fingerprint density at radius 1 is 1.17 bits per heavy atom. The molecule has 14 heteroatoms. The number of aliphatic hydroxyl groups is 1. The molecule has 2 amide bonds. The monoisotopic (exact) mass is 603 g/mol. The fourth-order valence-electron chi connectivity index (χ4n) is 4.58. The van der Waals surface area contributed by atoms with E-state index in [4.69, 9.17) is 0 Å². The van der Waals surface area contributed by atoms with Crippen molar-refractivity contribution in [1.82, 2.24) is 19.9 Å². The van der Waals surface area contributed by atoms with Crippen LogP contribution in [0.15, 0.2) is 46.8 Å². The van der Waals surface area contributed by atoms with Crippen molar-refractivity contribution in [3.8, 4) is 21.7 Å². The Labute approximate surface area is 241 Å². The molecule has 0 aliphatic carbocycles. The van der Waals surface area contributed by atoms with Crippen molar-refractivity contribution in [1.29, 1.82) is 0 Å². The van der Waals surface area contributed by atoms with Crippen LogP contribution in [0.2, 0.25) is 0 Å². The van der Waals surface area contributed by atoms with Crippen molar-refractivity contribution >= 4 is 40.1 Å². The van der Waals surface area contributed by atoms with Gasteiger partial charge in [-0.2, -0.15) is 13.2 Å². The first-order valence-corrected chi connectivity index (χ1v) is 13.8. The summed E-state index contributed by atoms with van der Waals surface area (Å²) in [6.07, 6.45) is -1.61. The number of nitrogens with one attached hydrogen (secondary N) is 2. The molecule has 1 atom stereocenters. The number of amides is 2. The predicted octanol–water partition coefficient (Wildman–Crippen LogP) is 5.62. The Hall–Kier alpha value is -4.30. The van der Waals surface area contributed by atoms with Crippen LogP contribution in [0.5, 0.6) is 0 Å². The highest BCUT2D eigenvalue weighted by Crippen LogP contribution is 2.39. The van der Waals surface area contributed by atoms with E-state index in [1.165, 1.54) is 24.5 Å². The highest BCUT2D eigenvalue weighted by atomic mass is 32.1. The Kier molecular flexibility index (Phi) is 8.97. The lowest BCUT2D eigenvalue weighted by Crippen LogP contribution is -2.28. The van der Waals surface area contributed by atoms with Crippen molar-refractivity contribution in [3.05, 3.63) is 63.5 Å². The number of nitrogens with zero attached hydrogens (tertiary/aromatic N) is 3. The smallest absolute Gasteiger partial charge is 0.434 e. The number of benzene rings is 1. The molecule has 0 saturated heterocycles. The van der Waals surface area contributed by atoms with E-state index in [0.29, 0.717) is 29.6 Å². The number of carbonyl (C=O) groups excluding carboxylic acids is 1. The topological polar surface area (TPSA) is 146 Å². The molecule has 1 unspecified atom stereocenters. The average molecular weight is 604 g/mol. The number of hydrogen-bond acceptors (Lipinski definition) is 7. The third kappa shape index (κ3) is 6.44. The van der Waals surface area contributed by atoms with Crippen molar-refractivity contribution in [2.75, 3.05) is 18.5 Å². The van der Waals surface area contributed by atoms with E-state index in [9.17, 15) is 37.8 Å². The zero-order chi connectivity index (χ0) is 30.8. The highest BCUT2D eigenvalue weighted by Gasteiger charge is 2.34. The summed E-state index contributed by atoms with van der Waals surface area (Å²) in [7, 11) is 0. The zero-order valence-corrected chi connectivity index (χ0v) is 23.6. The third-order valence-corrected chi connectivity index (χ3v) is 7.30. The molecule has 4 aromatic rings. The van der Waals surface area contributed by atoms with Gasteiger partial charge in [-0.15, -0.1) is 11.3 Å². The van der Waals surface area contributed by atoms with Crippen LogP contribution in [-0.2, 0) is 6.18 Å². The Bertz CT molecular complexity index is 1700. The maximum absolute atomic E-state index is 13.4. The predicted molar refractivity (Wildman–Crippen MR) is 153 cm³/mol. The number of carboxylic acid groups (broad SMARTS) is 1. The highest BCUT2D eigenvalue weighted by molar-refractivity contribution is 7.13. The minimum atomic E-state index is -4.68. The maximum atomic E-state index is 13.4. The van der Waals surface area contributed by atoms with Gasteiger partial charge in [0.25, 0.3) is 0 Å². The van der Waals surface area contributed by atoms with E-state index in [2.05, 4.69) is 20.6 Å². The Morgan fingerprint density at radius 3 is 2.50 bits per heavy atom. The minimum absolute atomic E-state index is 0.00672. The van der Waals surface area contributed by atoms with E-state index in [1.54, 1.807) is 23.6 Å². The number of rotatable bonds is 9. The molecule has 0 radical (unpaired) electrons. The molecular formula is C28H28F3N5O5S. The van der Waals surface area contributed by atoms with E-state index < -0.39 is 40.9 Å². The maximum Gasteiger partial charge on any atom is 0.434 e. The standard InChI is InChI=1S/C28H28F3N5O5S/c1-4-32-27(41)35-23-9-17(25-34-22(13-42-25)28(29,30)31)19(10-33-23)15-5-6-21-18(8-15)24(38)20(26(39)40)11-36(21)16(12-37)7-14(2)3/h5-6,8-11,13-14,16,37H,4,7,12H2,1-3H3,(H,39,40)(H2,32,33,35,41). The lowest BCUT2D eigenvalue weighted by atomic mass is 9.98. The minimum Gasteiger partial charge on any atom is -0.477 e. The molecule has 1 aromatic carbocycles. The third-order valence-electron chi connectivity index (χ3n) is 6.43. The van der Waals surface area contributed by atoms with Crippen LogP contribution in [0.4, 0.5) is 23.8 Å². The zero-order valence-electron chi connectivity index (χ0n) is 22.8. The van der Waals surface area contributed by atoms with Gasteiger partial charge >= 0.3 is 18.2 Å². The SMILES string of the molecule is CCNC(=O)Nc1cc(-c2nc(C(F)(F)F)cs2)c(-c2ccc3c(c2)c(=O)c(C(=O)O)cn3C(CO)CC(C)C)cn1. The molecule has 0 aliphatic heterocycles. The number of thiazole rings is 1. The molecule has 0 bridgehead atoms. The van der Waals surface area contributed by atoms with Crippen LogP contribution in [0.25, 0.3) is 32.6 Å². The largest absolute Gasteiger partial charge is 0.477 e. The average Bonchev–Trinajstić information content (AvgIpc) is 3.43. The van der Waals surface area contributed by atoms with Crippen LogP contribution >= 0.6 is 11.3 Å². The van der Waals surface area contributed by atoms with Gasteiger partial charge in [0.1, 0.15) is 16.4 Å². The van der Waals surface area contributed by atoms with Crippen LogP contribution < -0.4 is 16.1 Å². The van der Waals surface area contributed by atoms with Crippen molar-refractivity contribution in [2.45, 2.75) is 39.4 Å². The van der Waals surface area contributed by atoms with Gasteiger partial charge in [0.05, 0.1) is 18.2 Å². The van der Waals surface area contributed by atoms with Crippen LogP contribution in [-0.4, -0.2) is 49.9 Å². The van der Waals surface area contributed by atoms with Crippen molar-refractivity contribution in [3.63, 3.8) is 0 Å². The first-order valence-electron chi connectivity index (χ1n) is 12.9. The first-order chi connectivity index (χ1) is 19.8. The molecular weight excluding hydrogens is 575 g/mol. The summed E-state index contributed by atoms with van der Waals surface area (Å²) in [5.74, 6) is -1.23. The molecule has 0 fully saturated rings. The lowest BCUT2D eigenvalue weighted by Gasteiger charge is -2.23. The summed E-state index contributed by atoms with van der Waals surface area (Å²) in [5.41, 5.74) is -1.09. The summed E-state index contributed by atoms with van der Waals surface area (Å²) in [6, 6.07) is 4.97. The summed E-state index contributed by atoms with van der Waals surface area (Å²) >= 11 is 0.746. The second kappa shape index (κ2) is 12.3. The number of aromatic nitrogens is 3. The van der Waals surface area contributed by atoms with Crippen molar-refractivity contribution < 1.29 is 33.0 Å².